The number of carboxylic acids is 2. The zero-order valence-corrected chi connectivity index (χ0v) is 8.58. The topological polar surface area (TPSA) is 104 Å². The Balaban J connectivity index is 2.46. The van der Waals surface area contributed by atoms with Crippen molar-refractivity contribution in [2.75, 3.05) is 0 Å². The molecular weight excluding hydrogens is 226 g/mol. The summed E-state index contributed by atoms with van der Waals surface area (Å²) in [6.07, 6.45) is 0. The van der Waals surface area contributed by atoms with E-state index in [0.717, 1.165) is 0 Å². The maximum absolute atomic E-state index is 11.5. The highest BCUT2D eigenvalue weighted by Gasteiger charge is 2.42. The quantitative estimate of drug-likeness (QED) is 0.652. The first kappa shape index (κ1) is 11.1. The number of amides is 1. The standard InChI is InChI=1S/C11H9NO5/c13-9-6-4-2-1-3-5(6)8(12-9)7(10(14)15)11(16)17/h1-4,7-8H,(H,12,13)(H,14,15)(H,16,17). The van der Waals surface area contributed by atoms with Crippen LogP contribution >= 0.6 is 0 Å². The number of nitrogens with one attached hydrogen (secondary N) is 1. The maximum atomic E-state index is 11.5. The Morgan fingerprint density at radius 1 is 1.18 bits per heavy atom. The van der Waals surface area contributed by atoms with Gasteiger partial charge in [-0.1, -0.05) is 18.2 Å². The fraction of sp³-hybridized carbons (Fsp3) is 0.182. The molecule has 1 heterocycles. The lowest BCUT2D eigenvalue weighted by Gasteiger charge is -2.16. The first-order chi connectivity index (χ1) is 8.02. The average Bonchev–Trinajstić information content (AvgIpc) is 2.56. The summed E-state index contributed by atoms with van der Waals surface area (Å²) in [5, 5.41) is 20.1. The lowest BCUT2D eigenvalue weighted by atomic mass is 9.93. The van der Waals surface area contributed by atoms with Crippen LogP contribution in [0.2, 0.25) is 0 Å². The minimum atomic E-state index is -1.68. The summed E-state index contributed by atoms with van der Waals surface area (Å²) >= 11 is 0. The number of carboxylic acid groups (broad SMARTS) is 2. The van der Waals surface area contributed by atoms with E-state index >= 15 is 0 Å². The lowest BCUT2D eigenvalue weighted by Crippen LogP contribution is -2.36. The van der Waals surface area contributed by atoms with Crippen LogP contribution in [-0.4, -0.2) is 28.1 Å². The second-order valence-electron chi connectivity index (χ2n) is 3.69. The molecule has 1 unspecified atom stereocenters. The van der Waals surface area contributed by atoms with Gasteiger partial charge in [0.2, 0.25) is 0 Å². The van der Waals surface area contributed by atoms with Crippen molar-refractivity contribution in [2.24, 2.45) is 5.92 Å². The van der Waals surface area contributed by atoms with Gasteiger partial charge in [-0.2, -0.15) is 0 Å². The number of carbonyl (C=O) groups is 3. The van der Waals surface area contributed by atoms with E-state index in [1.165, 1.54) is 6.07 Å². The summed E-state index contributed by atoms with van der Waals surface area (Å²) in [6, 6.07) is 5.33. The third-order valence-corrected chi connectivity index (χ3v) is 2.69. The van der Waals surface area contributed by atoms with Crippen LogP contribution in [0.5, 0.6) is 0 Å². The van der Waals surface area contributed by atoms with Gasteiger partial charge in [0, 0.05) is 5.56 Å². The second kappa shape index (κ2) is 3.89. The molecule has 17 heavy (non-hydrogen) atoms. The van der Waals surface area contributed by atoms with Gasteiger partial charge in [-0.15, -0.1) is 0 Å². The Bertz CT molecular complexity index is 496. The molecule has 0 saturated heterocycles. The summed E-state index contributed by atoms with van der Waals surface area (Å²) in [5.74, 6) is -5.07. The third kappa shape index (κ3) is 1.73. The monoisotopic (exact) mass is 235 g/mol. The van der Waals surface area contributed by atoms with Gasteiger partial charge in [0.15, 0.2) is 5.92 Å². The van der Waals surface area contributed by atoms with Crippen molar-refractivity contribution in [3.05, 3.63) is 35.4 Å². The number of fused-ring (bicyclic) bond motifs is 1. The van der Waals surface area contributed by atoms with Gasteiger partial charge in [0.25, 0.3) is 5.91 Å². The summed E-state index contributed by atoms with van der Waals surface area (Å²) < 4.78 is 0. The van der Waals surface area contributed by atoms with Crippen LogP contribution in [0.4, 0.5) is 0 Å². The summed E-state index contributed by atoms with van der Waals surface area (Å²) in [4.78, 5) is 33.4. The van der Waals surface area contributed by atoms with Crippen molar-refractivity contribution in [1.29, 1.82) is 0 Å². The molecule has 0 aromatic heterocycles. The molecule has 1 amide bonds. The second-order valence-corrected chi connectivity index (χ2v) is 3.69. The van der Waals surface area contributed by atoms with Crippen molar-refractivity contribution in [3.8, 4) is 0 Å². The van der Waals surface area contributed by atoms with Crippen molar-refractivity contribution < 1.29 is 24.6 Å². The van der Waals surface area contributed by atoms with Gasteiger partial charge in [-0.05, 0) is 11.6 Å². The first-order valence-electron chi connectivity index (χ1n) is 4.87. The van der Waals surface area contributed by atoms with E-state index in [1.807, 2.05) is 0 Å². The predicted molar refractivity (Wildman–Crippen MR) is 55.4 cm³/mol. The maximum Gasteiger partial charge on any atom is 0.320 e. The number of hydrogen-bond donors (Lipinski definition) is 3. The molecule has 1 atom stereocenters. The average molecular weight is 235 g/mol. The zero-order valence-electron chi connectivity index (χ0n) is 8.58. The van der Waals surface area contributed by atoms with Crippen LogP contribution in [0.15, 0.2) is 24.3 Å². The van der Waals surface area contributed by atoms with Gasteiger partial charge in [0.05, 0.1) is 6.04 Å². The van der Waals surface area contributed by atoms with Crippen molar-refractivity contribution in [3.63, 3.8) is 0 Å². The molecular formula is C11H9NO5. The van der Waals surface area contributed by atoms with E-state index in [9.17, 15) is 14.4 Å². The molecule has 2 rings (SSSR count). The molecule has 0 fully saturated rings. The first-order valence-corrected chi connectivity index (χ1v) is 4.87. The van der Waals surface area contributed by atoms with Gasteiger partial charge in [0.1, 0.15) is 0 Å². The minimum Gasteiger partial charge on any atom is -0.481 e. The van der Waals surface area contributed by atoms with Crippen molar-refractivity contribution >= 4 is 17.8 Å². The van der Waals surface area contributed by atoms with Crippen LogP contribution in [0, 0.1) is 5.92 Å². The minimum absolute atomic E-state index is 0.324. The zero-order chi connectivity index (χ0) is 12.6. The lowest BCUT2D eigenvalue weighted by molar-refractivity contribution is -0.155. The molecule has 1 aliphatic rings. The number of aliphatic carboxylic acids is 2. The van der Waals surface area contributed by atoms with Crippen LogP contribution < -0.4 is 5.32 Å². The van der Waals surface area contributed by atoms with Crippen LogP contribution in [0.25, 0.3) is 0 Å². The Morgan fingerprint density at radius 2 is 1.76 bits per heavy atom. The number of carbonyl (C=O) groups excluding carboxylic acids is 1. The molecule has 0 bridgehead atoms. The Hall–Kier alpha value is -2.37. The van der Waals surface area contributed by atoms with Gasteiger partial charge >= 0.3 is 11.9 Å². The molecule has 1 aliphatic heterocycles. The predicted octanol–water partition coefficient (Wildman–Crippen LogP) is 0.256. The molecule has 0 spiro atoms. The summed E-state index contributed by atoms with van der Waals surface area (Å²) in [7, 11) is 0. The number of hydrogen-bond acceptors (Lipinski definition) is 3. The van der Waals surface area contributed by atoms with E-state index in [4.69, 9.17) is 10.2 Å². The molecule has 1 aromatic rings. The van der Waals surface area contributed by atoms with E-state index in [1.54, 1.807) is 18.2 Å². The SMILES string of the molecule is O=C1NC(C(C(=O)O)C(=O)O)c2ccccc21. The van der Waals surface area contributed by atoms with Crippen molar-refractivity contribution in [2.45, 2.75) is 6.04 Å². The Kier molecular flexibility index (Phi) is 2.55. The van der Waals surface area contributed by atoms with E-state index in [0.29, 0.717) is 11.1 Å². The molecule has 6 nitrogen and oxygen atoms in total. The van der Waals surface area contributed by atoms with Crippen LogP contribution in [0.1, 0.15) is 22.0 Å². The molecule has 0 aliphatic carbocycles. The molecule has 0 radical (unpaired) electrons. The third-order valence-electron chi connectivity index (χ3n) is 2.69. The Morgan fingerprint density at radius 3 is 2.35 bits per heavy atom. The smallest absolute Gasteiger partial charge is 0.320 e. The molecule has 0 saturated carbocycles. The molecule has 3 N–H and O–H groups in total. The van der Waals surface area contributed by atoms with Gasteiger partial charge in [-0.25, -0.2) is 0 Å². The summed E-state index contributed by atoms with van der Waals surface area (Å²) in [5.41, 5.74) is 0.734. The fourth-order valence-electron chi connectivity index (χ4n) is 1.93. The molecule has 88 valence electrons. The van der Waals surface area contributed by atoms with E-state index in [-0.39, 0.29) is 0 Å². The number of rotatable bonds is 3. The van der Waals surface area contributed by atoms with E-state index < -0.39 is 29.8 Å². The largest absolute Gasteiger partial charge is 0.481 e. The fourth-order valence-corrected chi connectivity index (χ4v) is 1.93. The van der Waals surface area contributed by atoms with Crippen LogP contribution in [-0.2, 0) is 9.59 Å². The summed E-state index contributed by atoms with van der Waals surface area (Å²) in [6.45, 7) is 0. The normalized spacial score (nSPS) is 17.7. The highest BCUT2D eigenvalue weighted by molar-refractivity contribution is 6.02. The highest BCUT2D eigenvalue weighted by Crippen LogP contribution is 2.31. The number of benzene rings is 1. The molecule has 6 heteroatoms. The van der Waals surface area contributed by atoms with Crippen LogP contribution in [0.3, 0.4) is 0 Å². The Labute approximate surface area is 95.9 Å². The van der Waals surface area contributed by atoms with Crippen molar-refractivity contribution in [1.82, 2.24) is 5.32 Å². The highest BCUT2D eigenvalue weighted by atomic mass is 16.4. The van der Waals surface area contributed by atoms with Gasteiger partial charge in [-0.3, -0.25) is 14.4 Å². The van der Waals surface area contributed by atoms with Gasteiger partial charge < -0.3 is 15.5 Å². The van der Waals surface area contributed by atoms with E-state index in [2.05, 4.69) is 5.32 Å². The molecule has 1 aromatic carbocycles.